The topological polar surface area (TPSA) is 94.2 Å². The Bertz CT molecular complexity index is 1270. The number of sulfonamides is 1. The van der Waals surface area contributed by atoms with Crippen molar-refractivity contribution in [2.75, 3.05) is 24.8 Å². The van der Waals surface area contributed by atoms with Crippen LogP contribution in [-0.4, -0.2) is 34.8 Å². The van der Waals surface area contributed by atoms with E-state index in [0.29, 0.717) is 16.5 Å². The smallest absolute Gasteiger partial charge is 0.264 e. The molecule has 172 valence electrons. The molecular weight excluding hydrogens is 468 g/mol. The highest BCUT2D eigenvalue weighted by atomic mass is 35.5. The summed E-state index contributed by atoms with van der Waals surface area (Å²) in [5.41, 5.74) is 0.942. The largest absolute Gasteiger partial charge is 0.495 e. The number of halogens is 1. The van der Waals surface area contributed by atoms with Crippen molar-refractivity contribution in [3.8, 4) is 17.2 Å². The molecule has 0 aromatic heterocycles. The molecule has 1 amide bonds. The second-order valence-corrected chi connectivity index (χ2v) is 9.40. The molecule has 0 aliphatic carbocycles. The molecular formula is C23H21ClN2O6S. The summed E-state index contributed by atoms with van der Waals surface area (Å²) in [7, 11) is -2.68. The van der Waals surface area contributed by atoms with Crippen LogP contribution in [0, 0.1) is 0 Å². The van der Waals surface area contributed by atoms with Gasteiger partial charge in [0, 0.05) is 11.6 Å². The molecule has 3 aromatic carbocycles. The lowest BCUT2D eigenvalue weighted by molar-refractivity contribution is -0.119. The monoisotopic (exact) mass is 488 g/mol. The van der Waals surface area contributed by atoms with Crippen LogP contribution in [0.4, 0.5) is 5.69 Å². The van der Waals surface area contributed by atoms with Gasteiger partial charge in [-0.15, -0.1) is 0 Å². The summed E-state index contributed by atoms with van der Waals surface area (Å²) in [5, 5.41) is 3.06. The third-order valence-electron chi connectivity index (χ3n) is 4.95. The number of methoxy groups -OCH3 is 1. The van der Waals surface area contributed by atoms with E-state index in [-0.39, 0.29) is 29.7 Å². The Morgan fingerprint density at radius 1 is 1.06 bits per heavy atom. The van der Waals surface area contributed by atoms with E-state index in [4.69, 9.17) is 25.8 Å². The Morgan fingerprint density at radius 2 is 1.82 bits per heavy atom. The first-order chi connectivity index (χ1) is 15.9. The number of rotatable bonds is 8. The molecule has 4 rings (SSSR count). The summed E-state index contributed by atoms with van der Waals surface area (Å²) in [6.45, 7) is -0.140. The molecule has 0 bridgehead atoms. The third kappa shape index (κ3) is 4.99. The highest BCUT2D eigenvalue weighted by Gasteiger charge is 2.29. The first-order valence-electron chi connectivity index (χ1n) is 9.95. The molecule has 1 aliphatic heterocycles. The number of anilines is 1. The molecule has 33 heavy (non-hydrogen) atoms. The minimum Gasteiger partial charge on any atom is -0.495 e. The molecule has 0 spiro atoms. The van der Waals surface area contributed by atoms with Crippen LogP contribution in [0.5, 0.6) is 17.2 Å². The molecule has 0 fully saturated rings. The number of carbonyl (C=O) groups is 1. The van der Waals surface area contributed by atoms with E-state index in [1.807, 2.05) is 0 Å². The van der Waals surface area contributed by atoms with E-state index in [2.05, 4.69) is 5.32 Å². The van der Waals surface area contributed by atoms with Crippen LogP contribution >= 0.6 is 11.6 Å². The highest BCUT2D eigenvalue weighted by Crippen LogP contribution is 2.35. The number of amides is 1. The maximum Gasteiger partial charge on any atom is 0.264 e. The number of ether oxygens (including phenoxy) is 3. The lowest BCUT2D eigenvalue weighted by Crippen LogP contribution is -2.40. The van der Waals surface area contributed by atoms with E-state index in [1.165, 1.54) is 25.3 Å². The standard InChI is InChI=1S/C23H21ClN2O6S/c1-30-20-10-8-17(24)12-19(20)26(33(28,29)18-5-3-2-4-6-18)14-23(27)25-13-16-7-9-21-22(11-16)32-15-31-21/h2-12H,13-15H2,1H3,(H,25,27). The molecule has 8 nitrogen and oxygen atoms in total. The molecule has 1 N–H and O–H groups in total. The minimum atomic E-state index is -4.09. The van der Waals surface area contributed by atoms with Gasteiger partial charge in [0.2, 0.25) is 12.7 Å². The Balaban J connectivity index is 1.60. The van der Waals surface area contributed by atoms with Crippen molar-refractivity contribution in [2.45, 2.75) is 11.4 Å². The molecule has 0 unspecified atom stereocenters. The van der Waals surface area contributed by atoms with Crippen molar-refractivity contribution < 1.29 is 27.4 Å². The van der Waals surface area contributed by atoms with Crippen molar-refractivity contribution in [3.05, 3.63) is 77.3 Å². The Hall–Kier alpha value is -3.43. The van der Waals surface area contributed by atoms with Gasteiger partial charge >= 0.3 is 0 Å². The summed E-state index contributed by atoms with van der Waals surface area (Å²) in [4.78, 5) is 12.9. The van der Waals surface area contributed by atoms with Gasteiger partial charge in [-0.25, -0.2) is 8.42 Å². The maximum atomic E-state index is 13.5. The van der Waals surface area contributed by atoms with Crippen molar-refractivity contribution in [1.29, 1.82) is 0 Å². The molecule has 3 aromatic rings. The molecule has 0 saturated heterocycles. The van der Waals surface area contributed by atoms with Crippen molar-refractivity contribution in [1.82, 2.24) is 5.32 Å². The fourth-order valence-corrected chi connectivity index (χ4v) is 4.93. The summed E-state index contributed by atoms with van der Waals surface area (Å²) >= 11 is 6.14. The summed E-state index contributed by atoms with van der Waals surface area (Å²) in [5.74, 6) is 0.994. The average molecular weight is 489 g/mol. The molecule has 0 radical (unpaired) electrons. The van der Waals surface area contributed by atoms with E-state index in [9.17, 15) is 13.2 Å². The van der Waals surface area contributed by atoms with Crippen LogP contribution in [-0.2, 0) is 21.4 Å². The second-order valence-electron chi connectivity index (χ2n) is 7.11. The van der Waals surface area contributed by atoms with Gasteiger partial charge in [0.1, 0.15) is 12.3 Å². The first kappa shape index (κ1) is 22.8. The van der Waals surface area contributed by atoms with E-state index < -0.39 is 22.5 Å². The highest BCUT2D eigenvalue weighted by molar-refractivity contribution is 7.92. The number of benzene rings is 3. The number of hydrogen-bond donors (Lipinski definition) is 1. The van der Waals surface area contributed by atoms with Crippen LogP contribution in [0.3, 0.4) is 0 Å². The lowest BCUT2D eigenvalue weighted by atomic mass is 10.2. The number of carbonyl (C=O) groups excluding carboxylic acids is 1. The molecule has 1 heterocycles. The second kappa shape index (κ2) is 9.60. The first-order valence-corrected chi connectivity index (χ1v) is 11.8. The fourth-order valence-electron chi connectivity index (χ4n) is 3.32. The normalized spacial score (nSPS) is 12.3. The van der Waals surface area contributed by atoms with Crippen LogP contribution in [0.2, 0.25) is 5.02 Å². The average Bonchev–Trinajstić information content (AvgIpc) is 3.29. The predicted molar refractivity (Wildman–Crippen MR) is 123 cm³/mol. The zero-order valence-electron chi connectivity index (χ0n) is 17.7. The van der Waals surface area contributed by atoms with Gasteiger partial charge in [0.05, 0.1) is 17.7 Å². The van der Waals surface area contributed by atoms with Gasteiger partial charge in [-0.2, -0.15) is 0 Å². The summed E-state index contributed by atoms with van der Waals surface area (Å²) in [6, 6.07) is 17.8. The number of fused-ring (bicyclic) bond motifs is 1. The fraction of sp³-hybridized carbons (Fsp3) is 0.174. The van der Waals surface area contributed by atoms with Gasteiger partial charge in [-0.3, -0.25) is 9.10 Å². The maximum absolute atomic E-state index is 13.5. The Kier molecular flexibility index (Phi) is 6.62. The van der Waals surface area contributed by atoms with E-state index in [1.54, 1.807) is 48.5 Å². The predicted octanol–water partition coefficient (Wildman–Crippen LogP) is 3.59. The quantitative estimate of drug-likeness (QED) is 0.520. The van der Waals surface area contributed by atoms with E-state index >= 15 is 0 Å². The van der Waals surface area contributed by atoms with Crippen LogP contribution < -0.4 is 23.8 Å². The van der Waals surface area contributed by atoms with Gasteiger partial charge < -0.3 is 19.5 Å². The van der Waals surface area contributed by atoms with Crippen molar-refractivity contribution in [2.24, 2.45) is 0 Å². The molecule has 10 heteroatoms. The van der Waals surface area contributed by atoms with Gasteiger partial charge in [0.15, 0.2) is 11.5 Å². The SMILES string of the molecule is COc1ccc(Cl)cc1N(CC(=O)NCc1ccc2c(c1)OCO2)S(=O)(=O)c1ccccc1. The van der Waals surface area contributed by atoms with Crippen LogP contribution in [0.1, 0.15) is 5.56 Å². The minimum absolute atomic E-state index is 0.0376. The zero-order chi connectivity index (χ0) is 23.4. The zero-order valence-corrected chi connectivity index (χ0v) is 19.2. The van der Waals surface area contributed by atoms with Crippen LogP contribution in [0.15, 0.2) is 71.6 Å². The summed E-state index contributed by atoms with van der Waals surface area (Å²) in [6.07, 6.45) is 0. The van der Waals surface area contributed by atoms with Gasteiger partial charge in [0.25, 0.3) is 10.0 Å². The molecule has 1 aliphatic rings. The lowest BCUT2D eigenvalue weighted by Gasteiger charge is -2.26. The third-order valence-corrected chi connectivity index (χ3v) is 6.96. The molecule has 0 saturated carbocycles. The summed E-state index contributed by atoms with van der Waals surface area (Å²) < 4.78 is 43.9. The van der Waals surface area contributed by atoms with Gasteiger partial charge in [-0.1, -0.05) is 35.9 Å². The molecule has 0 atom stereocenters. The number of nitrogens with zero attached hydrogens (tertiary/aromatic N) is 1. The van der Waals surface area contributed by atoms with Crippen LogP contribution in [0.25, 0.3) is 0 Å². The van der Waals surface area contributed by atoms with Crippen molar-refractivity contribution >= 4 is 33.2 Å². The number of hydrogen-bond acceptors (Lipinski definition) is 6. The Labute approximate surface area is 196 Å². The van der Waals surface area contributed by atoms with Gasteiger partial charge in [-0.05, 0) is 48.0 Å². The van der Waals surface area contributed by atoms with E-state index in [0.717, 1.165) is 9.87 Å². The Morgan fingerprint density at radius 3 is 2.58 bits per heavy atom. The van der Waals surface area contributed by atoms with Crippen molar-refractivity contribution in [3.63, 3.8) is 0 Å². The number of nitrogens with one attached hydrogen (secondary N) is 1.